The van der Waals surface area contributed by atoms with Crippen molar-refractivity contribution in [3.05, 3.63) is 175 Å². The van der Waals surface area contributed by atoms with Crippen LogP contribution >= 0.6 is 11.3 Å². The third-order valence-electron chi connectivity index (χ3n) is 8.94. The van der Waals surface area contributed by atoms with Gasteiger partial charge in [0, 0.05) is 32.0 Å². The monoisotopic (exact) mass is 631 g/mol. The first-order chi connectivity index (χ1) is 23.8. The Hall–Kier alpha value is -5.97. The Kier molecular flexibility index (Phi) is 7.07. The first-order valence-corrected chi connectivity index (χ1v) is 17.0. The molecule has 48 heavy (non-hydrogen) atoms. The zero-order chi connectivity index (χ0) is 31.9. The molecule has 3 nitrogen and oxygen atoms in total. The van der Waals surface area contributed by atoms with Crippen molar-refractivity contribution in [3.63, 3.8) is 0 Å². The highest BCUT2D eigenvalue weighted by Gasteiger charge is 2.27. The maximum atomic E-state index is 5.27. The highest BCUT2D eigenvalue weighted by atomic mass is 32.1. The van der Waals surface area contributed by atoms with Gasteiger partial charge in [-0.2, -0.15) is 0 Å². The molecular weight excluding hydrogens is 603 g/mol. The minimum absolute atomic E-state index is 0.654. The van der Waals surface area contributed by atoms with Crippen molar-refractivity contribution in [1.82, 2.24) is 15.0 Å². The molecule has 0 amide bonds. The van der Waals surface area contributed by atoms with Gasteiger partial charge in [-0.3, -0.25) is 0 Å². The van der Waals surface area contributed by atoms with E-state index in [2.05, 4.69) is 146 Å². The molecule has 8 aromatic rings. The predicted molar refractivity (Wildman–Crippen MR) is 199 cm³/mol. The fourth-order valence-corrected chi connectivity index (χ4v) is 7.90. The van der Waals surface area contributed by atoms with Crippen molar-refractivity contribution in [1.29, 1.82) is 0 Å². The van der Waals surface area contributed by atoms with E-state index in [0.29, 0.717) is 17.5 Å². The van der Waals surface area contributed by atoms with Crippen molar-refractivity contribution in [3.8, 4) is 77.3 Å². The molecule has 226 valence electrons. The lowest BCUT2D eigenvalue weighted by Gasteiger charge is -2.13. The van der Waals surface area contributed by atoms with Crippen LogP contribution in [0.15, 0.2) is 164 Å². The minimum atomic E-state index is 0.654. The highest BCUT2D eigenvalue weighted by molar-refractivity contribution is 7.19. The van der Waals surface area contributed by atoms with Crippen molar-refractivity contribution in [2.24, 2.45) is 0 Å². The molecule has 0 N–H and O–H groups in total. The van der Waals surface area contributed by atoms with E-state index in [-0.39, 0.29) is 0 Å². The third-order valence-corrected chi connectivity index (χ3v) is 10.2. The van der Waals surface area contributed by atoms with Crippen LogP contribution in [-0.2, 0) is 6.42 Å². The second-order valence-electron chi connectivity index (χ2n) is 12.1. The van der Waals surface area contributed by atoms with E-state index in [9.17, 15) is 0 Å². The van der Waals surface area contributed by atoms with E-state index in [4.69, 9.17) is 15.0 Å². The van der Waals surface area contributed by atoms with Gasteiger partial charge >= 0.3 is 0 Å². The van der Waals surface area contributed by atoms with Gasteiger partial charge in [-0.05, 0) is 69.6 Å². The van der Waals surface area contributed by atoms with E-state index in [0.717, 1.165) is 45.4 Å². The van der Waals surface area contributed by atoms with E-state index < -0.39 is 0 Å². The van der Waals surface area contributed by atoms with Crippen molar-refractivity contribution < 1.29 is 0 Å². The van der Waals surface area contributed by atoms with Crippen LogP contribution in [-0.4, -0.2) is 15.0 Å². The summed E-state index contributed by atoms with van der Waals surface area (Å²) in [5, 5.41) is 0. The molecule has 0 spiro atoms. The zero-order valence-corrected chi connectivity index (χ0v) is 26.9. The third kappa shape index (κ3) is 5.23. The fraction of sp³-hybridized carbons (Fsp3) is 0.0227. The molecule has 0 radical (unpaired) electrons. The summed E-state index contributed by atoms with van der Waals surface area (Å²) >= 11 is 1.86. The zero-order valence-electron chi connectivity index (χ0n) is 26.0. The number of thiophene rings is 1. The summed E-state index contributed by atoms with van der Waals surface area (Å²) in [6.45, 7) is 0. The molecule has 0 saturated heterocycles. The molecule has 6 aromatic carbocycles. The first kappa shape index (κ1) is 28.3. The van der Waals surface area contributed by atoms with Crippen molar-refractivity contribution in [2.45, 2.75) is 6.42 Å². The molecule has 1 aliphatic carbocycles. The number of benzene rings is 6. The summed E-state index contributed by atoms with van der Waals surface area (Å²) in [6.07, 6.45) is 0.908. The molecule has 0 aliphatic heterocycles. The Balaban J connectivity index is 1.25. The molecule has 2 heterocycles. The van der Waals surface area contributed by atoms with Crippen LogP contribution in [0.4, 0.5) is 0 Å². The lowest BCUT2D eigenvalue weighted by atomic mass is 9.95. The lowest BCUT2D eigenvalue weighted by molar-refractivity contribution is 1.07. The van der Waals surface area contributed by atoms with Crippen LogP contribution in [0.2, 0.25) is 0 Å². The average molecular weight is 632 g/mol. The Morgan fingerprint density at radius 2 is 0.875 bits per heavy atom. The van der Waals surface area contributed by atoms with Gasteiger partial charge in [0.15, 0.2) is 17.5 Å². The summed E-state index contributed by atoms with van der Waals surface area (Å²) in [4.78, 5) is 18.1. The molecule has 0 atom stereocenters. The predicted octanol–water partition coefficient (Wildman–Crippen LogP) is 11.5. The summed E-state index contributed by atoms with van der Waals surface area (Å²) < 4.78 is 0. The molecule has 9 rings (SSSR count). The Morgan fingerprint density at radius 3 is 1.48 bits per heavy atom. The van der Waals surface area contributed by atoms with Gasteiger partial charge in [0.1, 0.15) is 0 Å². The summed E-state index contributed by atoms with van der Waals surface area (Å²) in [5.74, 6) is 2.00. The largest absolute Gasteiger partial charge is 0.208 e. The van der Waals surface area contributed by atoms with E-state index >= 15 is 0 Å². The number of rotatable bonds is 6. The van der Waals surface area contributed by atoms with Crippen molar-refractivity contribution >= 4 is 11.3 Å². The van der Waals surface area contributed by atoms with Gasteiger partial charge in [-0.15, -0.1) is 11.3 Å². The second-order valence-corrected chi connectivity index (χ2v) is 13.1. The summed E-state index contributed by atoms with van der Waals surface area (Å²) in [5.41, 5.74) is 12.6. The molecule has 0 saturated carbocycles. The number of hydrogen-bond donors (Lipinski definition) is 0. The second kappa shape index (κ2) is 12.0. The highest BCUT2D eigenvalue weighted by Crippen LogP contribution is 2.49. The van der Waals surface area contributed by atoms with E-state index in [1.165, 1.54) is 32.0 Å². The maximum Gasteiger partial charge on any atom is 0.164 e. The minimum Gasteiger partial charge on any atom is -0.208 e. The smallest absolute Gasteiger partial charge is 0.164 e. The van der Waals surface area contributed by atoms with E-state index in [1.54, 1.807) is 0 Å². The van der Waals surface area contributed by atoms with Crippen LogP contribution in [0.25, 0.3) is 77.3 Å². The number of aromatic nitrogens is 3. The van der Waals surface area contributed by atoms with Crippen LogP contribution in [0.3, 0.4) is 0 Å². The van der Waals surface area contributed by atoms with Gasteiger partial charge < -0.3 is 0 Å². The van der Waals surface area contributed by atoms with Gasteiger partial charge in [-0.25, -0.2) is 15.0 Å². The summed E-state index contributed by atoms with van der Waals surface area (Å²) in [7, 11) is 0. The van der Waals surface area contributed by atoms with Crippen LogP contribution < -0.4 is 0 Å². The van der Waals surface area contributed by atoms with Gasteiger partial charge in [0.05, 0.1) is 0 Å². The normalized spacial score (nSPS) is 11.7. The summed E-state index contributed by atoms with van der Waals surface area (Å²) in [6, 6.07) is 57.5. The fourth-order valence-electron chi connectivity index (χ4n) is 6.62. The average Bonchev–Trinajstić information content (AvgIpc) is 3.74. The number of fused-ring (bicyclic) bond motifs is 3. The topological polar surface area (TPSA) is 38.7 Å². The van der Waals surface area contributed by atoms with E-state index in [1.807, 2.05) is 29.5 Å². The number of nitrogens with zero attached hydrogens (tertiary/aromatic N) is 3. The first-order valence-electron chi connectivity index (χ1n) is 16.2. The number of hydrogen-bond acceptors (Lipinski definition) is 4. The van der Waals surface area contributed by atoms with Crippen LogP contribution in [0.1, 0.15) is 11.1 Å². The SMILES string of the molecule is c1ccc(-c2cc(-c3ccccc3)cc(-c3nc(-c4ccccc4)nc(-c4cccc5c4-c4sc(-c6ccccc6)cc4C5)n3)c2)cc1. The Bertz CT molecular complexity index is 2340. The van der Waals surface area contributed by atoms with Crippen LogP contribution in [0, 0.1) is 0 Å². The Morgan fingerprint density at radius 1 is 0.375 bits per heavy atom. The molecule has 0 bridgehead atoms. The molecule has 2 aromatic heterocycles. The van der Waals surface area contributed by atoms with Gasteiger partial charge in [-0.1, -0.05) is 140 Å². The van der Waals surface area contributed by atoms with Crippen molar-refractivity contribution in [2.75, 3.05) is 0 Å². The molecule has 0 fully saturated rings. The Labute approximate surface area is 283 Å². The van der Waals surface area contributed by atoms with Gasteiger partial charge in [0.25, 0.3) is 0 Å². The standard InChI is InChI=1S/C44H29N3S/c1-5-14-29(15-6-1)34-25-35(30-16-7-2-8-17-30)27-37(26-34)43-45-42(32-20-11-4-12-21-32)46-44(47-43)38-23-13-22-33-24-36-28-39(48-41(36)40(33)38)31-18-9-3-10-19-31/h1-23,25-28H,24H2. The van der Waals surface area contributed by atoms with Gasteiger partial charge in [0.2, 0.25) is 0 Å². The molecular formula is C44H29N3S. The molecule has 1 aliphatic rings. The molecule has 4 heteroatoms. The lowest BCUT2D eigenvalue weighted by Crippen LogP contribution is -2.01. The van der Waals surface area contributed by atoms with Crippen LogP contribution in [0.5, 0.6) is 0 Å². The quantitative estimate of drug-likeness (QED) is 0.183. The molecule has 0 unspecified atom stereocenters. The maximum absolute atomic E-state index is 5.27.